The van der Waals surface area contributed by atoms with Crippen LogP contribution in [0.4, 0.5) is 26.3 Å². The maximum Gasteiger partial charge on any atom is 0.411 e. The Bertz CT molecular complexity index is 982. The normalized spacial score (nSPS) is 20.1. The molecule has 0 amide bonds. The van der Waals surface area contributed by atoms with Crippen molar-refractivity contribution < 1.29 is 45.3 Å². The monoisotopic (exact) mass is 760 g/mol. The van der Waals surface area contributed by atoms with Gasteiger partial charge in [-0.1, -0.05) is 0 Å². The minimum absolute atomic E-state index is 0.0657. The number of epoxide rings is 2. The van der Waals surface area contributed by atoms with Crippen LogP contribution in [0.3, 0.4) is 0 Å². The molecule has 4 rings (SSSR count). The summed E-state index contributed by atoms with van der Waals surface area (Å²) in [4.78, 5) is 0. The number of halogens is 10. The van der Waals surface area contributed by atoms with Crippen LogP contribution in [-0.4, -0.2) is 51.0 Å². The first-order valence-electron chi connectivity index (χ1n) is 9.87. The van der Waals surface area contributed by atoms with Crippen LogP contribution in [-0.2, 0) is 14.9 Å². The van der Waals surface area contributed by atoms with E-state index in [1.54, 1.807) is 0 Å². The molecule has 0 bridgehead atoms. The average Bonchev–Trinajstić information content (AvgIpc) is 3.60. The van der Waals surface area contributed by atoms with Gasteiger partial charge in [-0.3, -0.25) is 0 Å². The van der Waals surface area contributed by atoms with E-state index in [1.807, 2.05) is 0 Å². The first-order chi connectivity index (χ1) is 16.3. The van der Waals surface area contributed by atoms with Gasteiger partial charge in [-0.15, -0.1) is 0 Å². The van der Waals surface area contributed by atoms with E-state index in [0.29, 0.717) is 13.2 Å². The van der Waals surface area contributed by atoms with Crippen molar-refractivity contribution in [2.45, 2.75) is 30.0 Å². The van der Waals surface area contributed by atoms with E-state index in [1.165, 1.54) is 0 Å². The molecule has 0 radical (unpaired) electrons. The van der Waals surface area contributed by atoms with Gasteiger partial charge < -0.3 is 18.9 Å². The van der Waals surface area contributed by atoms with Crippen molar-refractivity contribution in [3.05, 3.63) is 53.3 Å². The molecule has 0 spiro atoms. The van der Waals surface area contributed by atoms with E-state index in [4.69, 9.17) is 18.9 Å². The highest BCUT2D eigenvalue weighted by Gasteiger charge is 2.72. The predicted molar refractivity (Wildman–Crippen MR) is 127 cm³/mol. The summed E-state index contributed by atoms with van der Waals surface area (Å²) >= 11 is 12.3. The Balaban J connectivity index is 1.86. The SMILES string of the molecule is FC(F)(F)C(c1cc(Br)c(OCC2CO2)c(Br)c1)(c1cc(Br)c(OCC2CO2)c(Br)c1)C(F)(F)F. The van der Waals surface area contributed by atoms with Crippen molar-refractivity contribution in [3.8, 4) is 11.5 Å². The molecule has 2 unspecified atom stereocenters. The first-order valence-corrected chi connectivity index (χ1v) is 13.0. The molecule has 2 aliphatic heterocycles. The molecule has 192 valence electrons. The summed E-state index contributed by atoms with van der Waals surface area (Å²) in [6.07, 6.45) is -11.9. The smallest absolute Gasteiger partial charge is 0.411 e. The topological polar surface area (TPSA) is 43.5 Å². The van der Waals surface area contributed by atoms with E-state index >= 15 is 0 Å². The predicted octanol–water partition coefficient (Wildman–Crippen LogP) is 7.70. The zero-order valence-corrected chi connectivity index (χ0v) is 23.5. The fraction of sp³-hybridized carbons (Fsp3) is 0.429. The third-order valence-corrected chi connectivity index (χ3v) is 7.70. The quantitative estimate of drug-likeness (QED) is 0.204. The molecular weight excluding hydrogens is 750 g/mol. The van der Waals surface area contributed by atoms with Crippen molar-refractivity contribution in [1.82, 2.24) is 0 Å². The molecule has 0 N–H and O–H groups in total. The van der Waals surface area contributed by atoms with Crippen molar-refractivity contribution in [1.29, 1.82) is 0 Å². The molecule has 0 saturated carbocycles. The van der Waals surface area contributed by atoms with Gasteiger partial charge in [0.05, 0.1) is 31.1 Å². The average molecular weight is 764 g/mol. The van der Waals surface area contributed by atoms with Crippen LogP contribution in [0.1, 0.15) is 11.1 Å². The van der Waals surface area contributed by atoms with Gasteiger partial charge in [-0.05, 0) is 99.1 Å². The summed E-state index contributed by atoms with van der Waals surface area (Å²) in [6.45, 7) is 1.15. The van der Waals surface area contributed by atoms with Gasteiger partial charge in [0.15, 0.2) is 0 Å². The molecule has 2 aromatic carbocycles. The Labute approximate surface area is 229 Å². The fourth-order valence-electron chi connectivity index (χ4n) is 3.49. The summed E-state index contributed by atoms with van der Waals surface area (Å²) in [5, 5.41) is 0. The third-order valence-electron chi connectivity index (χ3n) is 5.34. The van der Waals surface area contributed by atoms with Crippen LogP contribution in [0.15, 0.2) is 42.2 Å². The van der Waals surface area contributed by atoms with Gasteiger partial charge in [-0.2, -0.15) is 26.3 Å². The van der Waals surface area contributed by atoms with Crippen LogP contribution in [0.5, 0.6) is 11.5 Å². The number of hydrogen-bond donors (Lipinski definition) is 0. The molecule has 2 aromatic rings. The lowest BCUT2D eigenvalue weighted by Crippen LogP contribution is -2.54. The highest BCUT2D eigenvalue weighted by atomic mass is 79.9. The molecule has 2 heterocycles. The van der Waals surface area contributed by atoms with Gasteiger partial charge in [0.1, 0.15) is 36.9 Å². The zero-order chi connectivity index (χ0) is 25.8. The van der Waals surface area contributed by atoms with E-state index < -0.39 is 28.9 Å². The Morgan fingerprint density at radius 1 is 0.657 bits per heavy atom. The molecule has 2 aliphatic rings. The number of hydrogen-bond acceptors (Lipinski definition) is 4. The standard InChI is InChI=1S/C21H14Br4F6O4/c22-13-1-9(2-14(23)17(13)34-7-11-5-32-11)19(20(26,27)28,21(29,30)31)10-3-15(24)18(16(25)4-10)35-8-12-6-33-12/h1-4,11-12H,5-8H2. The Hall–Kier alpha value is -0.540. The summed E-state index contributed by atoms with van der Waals surface area (Å²) in [6, 6.07) is 3.08. The van der Waals surface area contributed by atoms with Crippen molar-refractivity contribution >= 4 is 63.7 Å². The molecule has 0 aromatic heterocycles. The molecule has 4 nitrogen and oxygen atoms in total. The van der Waals surface area contributed by atoms with E-state index in [9.17, 15) is 26.3 Å². The van der Waals surface area contributed by atoms with E-state index in [2.05, 4.69) is 63.7 Å². The van der Waals surface area contributed by atoms with Crippen molar-refractivity contribution in [2.75, 3.05) is 26.4 Å². The molecule has 35 heavy (non-hydrogen) atoms. The first kappa shape index (κ1) is 27.5. The lowest BCUT2D eigenvalue weighted by molar-refractivity contribution is -0.288. The molecule has 14 heteroatoms. The van der Waals surface area contributed by atoms with Crippen LogP contribution in [0.25, 0.3) is 0 Å². The largest absolute Gasteiger partial charge is 0.488 e. The molecule has 0 aliphatic carbocycles. The molecular formula is C21H14Br4F6O4. The third kappa shape index (κ3) is 5.52. The van der Waals surface area contributed by atoms with E-state index in [0.717, 1.165) is 24.3 Å². The van der Waals surface area contributed by atoms with Crippen LogP contribution < -0.4 is 9.47 Å². The number of benzene rings is 2. The minimum atomic E-state index is -5.77. The molecule has 2 fully saturated rings. The van der Waals surface area contributed by atoms with Gasteiger partial charge in [0, 0.05) is 0 Å². The minimum Gasteiger partial charge on any atom is -0.488 e. The Morgan fingerprint density at radius 2 is 0.943 bits per heavy atom. The number of ether oxygens (including phenoxy) is 4. The highest BCUT2D eigenvalue weighted by Crippen LogP contribution is 2.58. The van der Waals surface area contributed by atoms with E-state index in [-0.39, 0.29) is 54.8 Å². The van der Waals surface area contributed by atoms with Crippen LogP contribution in [0.2, 0.25) is 0 Å². The fourth-order valence-corrected chi connectivity index (χ4v) is 6.32. The second-order valence-electron chi connectivity index (χ2n) is 7.82. The lowest BCUT2D eigenvalue weighted by atomic mass is 9.73. The summed E-state index contributed by atoms with van der Waals surface area (Å²) < 4.78 is 108. The Morgan fingerprint density at radius 3 is 1.17 bits per heavy atom. The van der Waals surface area contributed by atoms with Crippen LogP contribution in [0, 0.1) is 0 Å². The summed E-state index contributed by atoms with van der Waals surface area (Å²) in [7, 11) is 0. The van der Waals surface area contributed by atoms with Crippen LogP contribution >= 0.6 is 63.7 Å². The highest BCUT2D eigenvalue weighted by molar-refractivity contribution is 9.11. The van der Waals surface area contributed by atoms with Gasteiger partial charge >= 0.3 is 12.4 Å². The van der Waals surface area contributed by atoms with Crippen molar-refractivity contribution in [2.24, 2.45) is 0 Å². The lowest BCUT2D eigenvalue weighted by Gasteiger charge is -2.39. The maximum absolute atomic E-state index is 14.6. The number of alkyl halides is 6. The number of rotatable bonds is 8. The Kier molecular flexibility index (Phi) is 7.83. The summed E-state index contributed by atoms with van der Waals surface area (Å²) in [5.41, 5.74) is -6.47. The van der Waals surface area contributed by atoms with Crippen molar-refractivity contribution in [3.63, 3.8) is 0 Å². The zero-order valence-electron chi connectivity index (χ0n) is 17.2. The summed E-state index contributed by atoms with van der Waals surface area (Å²) in [5.74, 6) is 0.131. The molecule has 2 atom stereocenters. The van der Waals surface area contributed by atoms with Gasteiger partial charge in [0.25, 0.3) is 0 Å². The second kappa shape index (κ2) is 9.97. The second-order valence-corrected chi connectivity index (χ2v) is 11.2. The van der Waals surface area contributed by atoms with Gasteiger partial charge in [-0.25, -0.2) is 0 Å². The maximum atomic E-state index is 14.6. The van der Waals surface area contributed by atoms with Gasteiger partial charge in [0.2, 0.25) is 5.41 Å². The molecule has 2 saturated heterocycles.